The molecule has 0 heterocycles. The Kier molecular flexibility index (Phi) is 9.64. The van der Waals surface area contributed by atoms with Crippen molar-refractivity contribution in [3.8, 4) is 0 Å². The Morgan fingerprint density at radius 2 is 1.75 bits per heavy atom. The van der Waals surface area contributed by atoms with Crippen molar-refractivity contribution in [1.82, 2.24) is 5.48 Å². The fraction of sp³-hybridized carbons (Fsp3) is 0.800. The van der Waals surface area contributed by atoms with Crippen LogP contribution in [0.2, 0.25) is 0 Å². The van der Waals surface area contributed by atoms with E-state index in [-0.39, 0.29) is 18.8 Å². The van der Waals surface area contributed by atoms with Gasteiger partial charge in [0.05, 0.1) is 0 Å². The van der Waals surface area contributed by atoms with Gasteiger partial charge in [-0.25, -0.2) is 0 Å². The highest BCUT2D eigenvalue weighted by molar-refractivity contribution is 5.70. The summed E-state index contributed by atoms with van der Waals surface area (Å²) in [6.07, 6.45) is 3.69. The number of hydroxylamine groups is 1. The minimum absolute atomic E-state index is 0.229. The van der Waals surface area contributed by atoms with E-state index in [1.165, 1.54) is 0 Å². The second-order valence-electron chi connectivity index (χ2n) is 3.42. The van der Waals surface area contributed by atoms with Crippen molar-refractivity contribution in [2.45, 2.75) is 45.4 Å². The van der Waals surface area contributed by atoms with Gasteiger partial charge in [0.25, 0.3) is 0 Å². The van der Waals surface area contributed by atoms with Crippen molar-refractivity contribution in [3.63, 3.8) is 0 Å². The molecule has 16 heavy (non-hydrogen) atoms. The molecule has 0 rings (SSSR count). The van der Waals surface area contributed by atoms with E-state index in [2.05, 4.69) is 23.1 Å². The number of carbonyl (C=O) groups is 2. The van der Waals surface area contributed by atoms with Gasteiger partial charge < -0.3 is 9.68 Å². The Bertz CT molecular complexity index is 209. The summed E-state index contributed by atoms with van der Waals surface area (Å²) in [5.74, 6) is 3.89. The van der Waals surface area contributed by atoms with Crippen molar-refractivity contribution < 1.29 is 19.3 Å². The highest BCUT2D eigenvalue weighted by Gasteiger charge is 2.05. The Balaban J connectivity index is 3.27. The van der Waals surface area contributed by atoms with E-state index in [9.17, 15) is 9.59 Å². The lowest BCUT2D eigenvalue weighted by Gasteiger charge is -2.04. The van der Waals surface area contributed by atoms with Gasteiger partial charge in [0, 0.05) is 19.4 Å². The Morgan fingerprint density at radius 3 is 2.31 bits per heavy atom. The summed E-state index contributed by atoms with van der Waals surface area (Å²) in [4.78, 5) is 30.4. The molecular weight excluding hydrogens is 212 g/mol. The summed E-state index contributed by atoms with van der Waals surface area (Å²) in [6, 6.07) is 0. The van der Waals surface area contributed by atoms with Gasteiger partial charge in [0.2, 0.25) is 0 Å². The van der Waals surface area contributed by atoms with E-state index in [4.69, 9.17) is 4.84 Å². The van der Waals surface area contributed by atoms with E-state index in [1.807, 2.05) is 0 Å². The molecule has 0 aromatic rings. The molecule has 0 atom stereocenters. The fourth-order valence-electron chi connectivity index (χ4n) is 1.03. The topological polar surface area (TPSA) is 90.6 Å². The first-order valence-electron chi connectivity index (χ1n) is 5.52. The summed E-state index contributed by atoms with van der Waals surface area (Å²) >= 11 is 0. The zero-order valence-electron chi connectivity index (χ0n) is 9.66. The third-order valence-corrected chi connectivity index (χ3v) is 1.96. The van der Waals surface area contributed by atoms with Gasteiger partial charge in [-0.1, -0.05) is 13.3 Å². The lowest BCUT2D eigenvalue weighted by atomic mass is 10.2. The molecule has 0 saturated carbocycles. The first-order chi connectivity index (χ1) is 7.70. The number of hydrogen-bond donors (Lipinski definition) is 2. The van der Waals surface area contributed by atoms with E-state index >= 15 is 0 Å². The molecule has 0 amide bonds. The zero-order chi connectivity index (χ0) is 12.2. The predicted molar refractivity (Wildman–Crippen MR) is 57.8 cm³/mol. The summed E-state index contributed by atoms with van der Waals surface area (Å²) in [5.41, 5.74) is 2.59. The van der Waals surface area contributed by atoms with Gasteiger partial charge in [-0.3, -0.25) is 9.59 Å². The predicted octanol–water partition coefficient (Wildman–Crippen LogP) is 0.812. The number of unbranched alkanes of at least 4 members (excludes halogenated alkanes) is 2. The summed E-state index contributed by atoms with van der Waals surface area (Å²) in [6.45, 7) is 2.72. The second kappa shape index (κ2) is 10.4. The maximum absolute atomic E-state index is 11.1. The average molecular weight is 232 g/mol. The molecule has 0 fully saturated rings. The molecule has 6 heteroatoms. The van der Waals surface area contributed by atoms with Gasteiger partial charge in [0.15, 0.2) is 0 Å². The molecule has 0 aliphatic heterocycles. The van der Waals surface area contributed by atoms with E-state index in [0.29, 0.717) is 19.4 Å². The van der Waals surface area contributed by atoms with Crippen LogP contribution in [0.1, 0.15) is 45.4 Å². The third kappa shape index (κ3) is 9.42. The molecule has 0 bridgehead atoms. The number of rotatable bonds is 9. The average Bonchev–Trinajstić information content (AvgIpc) is 2.30. The second-order valence-corrected chi connectivity index (χ2v) is 3.42. The molecule has 0 spiro atoms. The van der Waals surface area contributed by atoms with E-state index < -0.39 is 5.97 Å². The third-order valence-electron chi connectivity index (χ3n) is 1.96. The smallest absolute Gasteiger partial charge is 0.324 e. The van der Waals surface area contributed by atoms with Gasteiger partial charge >= 0.3 is 11.9 Å². The molecule has 0 aliphatic carbocycles. The van der Waals surface area contributed by atoms with Crippen LogP contribution in [-0.4, -0.2) is 18.5 Å². The molecule has 3 N–H and O–H groups in total. The van der Waals surface area contributed by atoms with Gasteiger partial charge in [-0.15, -0.1) is 0 Å². The van der Waals surface area contributed by atoms with Crippen LogP contribution < -0.4 is 11.4 Å². The minimum atomic E-state index is -0.463. The minimum Gasteiger partial charge on any atom is -0.373 e. The molecule has 0 saturated heterocycles. The van der Waals surface area contributed by atoms with Crippen LogP contribution in [0.5, 0.6) is 0 Å². The van der Waals surface area contributed by atoms with Crippen LogP contribution in [0, 0.1) is 0 Å². The first-order valence-corrected chi connectivity index (χ1v) is 5.52. The molecule has 0 radical (unpaired) electrons. The SMILES string of the molecule is CCCCNOC(=O)CCCCC(=O)ON. The number of nitrogens with two attached hydrogens (primary N) is 1. The molecule has 0 aromatic heterocycles. The molecule has 6 nitrogen and oxygen atoms in total. The van der Waals surface area contributed by atoms with Crippen LogP contribution >= 0.6 is 0 Å². The fourth-order valence-corrected chi connectivity index (χ4v) is 1.03. The molecular formula is C10H20N2O4. The number of hydrogen-bond acceptors (Lipinski definition) is 6. The summed E-state index contributed by atoms with van der Waals surface area (Å²) in [5, 5.41) is 0. The molecule has 0 aromatic carbocycles. The van der Waals surface area contributed by atoms with Crippen molar-refractivity contribution in [3.05, 3.63) is 0 Å². The number of carbonyl (C=O) groups excluding carboxylic acids is 2. The monoisotopic (exact) mass is 232 g/mol. The Labute approximate surface area is 95.4 Å². The standard InChI is InChI=1S/C10H20N2O4/c1-2-3-8-12-16-10(14)7-5-4-6-9(13)15-11/h12H,2-8,11H2,1H3. The first kappa shape index (κ1) is 14.9. The Morgan fingerprint density at radius 1 is 1.12 bits per heavy atom. The lowest BCUT2D eigenvalue weighted by Crippen LogP contribution is -2.20. The highest BCUT2D eigenvalue weighted by atomic mass is 16.7. The van der Waals surface area contributed by atoms with Crippen molar-refractivity contribution >= 4 is 11.9 Å². The zero-order valence-corrected chi connectivity index (χ0v) is 9.66. The molecule has 0 unspecified atom stereocenters. The van der Waals surface area contributed by atoms with Crippen LogP contribution in [0.3, 0.4) is 0 Å². The number of nitrogens with one attached hydrogen (secondary N) is 1. The van der Waals surface area contributed by atoms with Gasteiger partial charge in [-0.05, 0) is 19.3 Å². The van der Waals surface area contributed by atoms with E-state index in [1.54, 1.807) is 0 Å². The molecule has 94 valence electrons. The van der Waals surface area contributed by atoms with Crippen LogP contribution in [0.15, 0.2) is 0 Å². The largest absolute Gasteiger partial charge is 0.373 e. The lowest BCUT2D eigenvalue weighted by molar-refractivity contribution is -0.151. The van der Waals surface area contributed by atoms with Gasteiger partial charge in [0.1, 0.15) is 0 Å². The normalized spacial score (nSPS) is 9.88. The van der Waals surface area contributed by atoms with Crippen LogP contribution in [0.4, 0.5) is 0 Å². The maximum atomic E-state index is 11.1. The van der Waals surface area contributed by atoms with Crippen molar-refractivity contribution in [2.24, 2.45) is 5.90 Å². The highest BCUT2D eigenvalue weighted by Crippen LogP contribution is 2.01. The summed E-state index contributed by atoms with van der Waals surface area (Å²) in [7, 11) is 0. The molecule has 0 aliphatic rings. The van der Waals surface area contributed by atoms with Crippen LogP contribution in [0.25, 0.3) is 0 Å². The van der Waals surface area contributed by atoms with Gasteiger partial charge in [-0.2, -0.15) is 11.4 Å². The van der Waals surface area contributed by atoms with E-state index in [0.717, 1.165) is 12.8 Å². The van der Waals surface area contributed by atoms with Crippen LogP contribution in [-0.2, 0) is 19.3 Å². The quantitative estimate of drug-likeness (QED) is 0.451. The van der Waals surface area contributed by atoms with Crippen molar-refractivity contribution in [2.75, 3.05) is 6.54 Å². The maximum Gasteiger partial charge on any atom is 0.324 e. The van der Waals surface area contributed by atoms with Crippen molar-refractivity contribution in [1.29, 1.82) is 0 Å². The Hall–Kier alpha value is -1.14. The summed E-state index contributed by atoms with van der Waals surface area (Å²) < 4.78 is 0.